The second kappa shape index (κ2) is 4.49. The highest BCUT2D eigenvalue weighted by Gasteiger charge is 2.52. The standard InChI is InChI=1S/C17H21NO3/c1-18-8-7-17-6-5-12(19)9-14(17)21-16-13(20-2)4-3-11(10-18)15(16)17/h3-6,12,14,19H,7-10H2,1-2H3/t12?,14-,17-/m0/s1/i2D3. The number of rotatable bonds is 1. The maximum absolute atomic E-state index is 10.0. The van der Waals surface area contributed by atoms with E-state index >= 15 is 0 Å². The van der Waals surface area contributed by atoms with Crippen LogP contribution in [0.4, 0.5) is 0 Å². The average molecular weight is 290 g/mol. The van der Waals surface area contributed by atoms with Crippen LogP contribution in [0.15, 0.2) is 24.3 Å². The van der Waals surface area contributed by atoms with Crippen LogP contribution in [0.5, 0.6) is 11.5 Å². The fourth-order valence-electron chi connectivity index (χ4n) is 4.00. The zero-order chi connectivity index (χ0) is 17.1. The van der Waals surface area contributed by atoms with Crippen molar-refractivity contribution in [2.75, 3.05) is 20.6 Å². The molecule has 112 valence electrons. The van der Waals surface area contributed by atoms with E-state index in [2.05, 4.69) is 18.0 Å². The lowest BCUT2D eigenvalue weighted by Gasteiger charge is -2.35. The molecule has 4 nitrogen and oxygen atoms in total. The summed E-state index contributed by atoms with van der Waals surface area (Å²) in [5.41, 5.74) is 1.84. The number of aliphatic hydroxyl groups is 1. The van der Waals surface area contributed by atoms with Crippen LogP contribution in [0.3, 0.4) is 0 Å². The Labute approximate surface area is 129 Å². The van der Waals surface area contributed by atoms with Gasteiger partial charge in [-0.3, -0.25) is 0 Å². The van der Waals surface area contributed by atoms with Gasteiger partial charge in [0.25, 0.3) is 0 Å². The van der Waals surface area contributed by atoms with Crippen molar-refractivity contribution in [2.45, 2.75) is 37.0 Å². The van der Waals surface area contributed by atoms with Crippen molar-refractivity contribution in [3.05, 3.63) is 35.4 Å². The monoisotopic (exact) mass is 290 g/mol. The summed E-state index contributed by atoms with van der Waals surface area (Å²) in [7, 11) is -0.444. The van der Waals surface area contributed by atoms with Gasteiger partial charge in [0.05, 0.1) is 22.7 Å². The van der Waals surface area contributed by atoms with Gasteiger partial charge in [-0.05, 0) is 31.6 Å². The van der Waals surface area contributed by atoms with Crippen LogP contribution in [0.25, 0.3) is 0 Å². The molecule has 0 fully saturated rings. The Morgan fingerprint density at radius 3 is 3.29 bits per heavy atom. The van der Waals surface area contributed by atoms with Crippen LogP contribution in [0.1, 0.15) is 28.1 Å². The van der Waals surface area contributed by atoms with Crippen molar-refractivity contribution in [3.63, 3.8) is 0 Å². The quantitative estimate of drug-likeness (QED) is 0.802. The van der Waals surface area contributed by atoms with E-state index in [1.165, 1.54) is 0 Å². The second-order valence-electron chi connectivity index (χ2n) is 6.33. The van der Waals surface area contributed by atoms with Crippen LogP contribution < -0.4 is 9.47 Å². The predicted molar refractivity (Wildman–Crippen MR) is 79.8 cm³/mol. The molecule has 3 aliphatic rings. The van der Waals surface area contributed by atoms with Gasteiger partial charge in [-0.2, -0.15) is 0 Å². The number of aliphatic hydroxyl groups excluding tert-OH is 1. The molecule has 0 saturated carbocycles. The molecule has 0 saturated heterocycles. The molecule has 1 aromatic rings. The van der Waals surface area contributed by atoms with Gasteiger partial charge in [0.2, 0.25) is 0 Å². The maximum Gasteiger partial charge on any atom is 0.166 e. The molecule has 2 heterocycles. The summed E-state index contributed by atoms with van der Waals surface area (Å²) in [4.78, 5) is 2.25. The fraction of sp³-hybridized carbons (Fsp3) is 0.529. The van der Waals surface area contributed by atoms with Gasteiger partial charge in [-0.15, -0.1) is 0 Å². The van der Waals surface area contributed by atoms with Gasteiger partial charge in [-0.1, -0.05) is 18.2 Å². The lowest BCUT2D eigenvalue weighted by Crippen LogP contribution is -2.42. The molecule has 1 N–H and O–H groups in total. The number of hydrogen-bond donors (Lipinski definition) is 1. The number of ether oxygens (including phenoxy) is 2. The Bertz CT molecular complexity index is 703. The van der Waals surface area contributed by atoms with Gasteiger partial charge in [0, 0.05) is 18.5 Å². The third-order valence-electron chi connectivity index (χ3n) is 5.04. The van der Waals surface area contributed by atoms with E-state index in [1.54, 1.807) is 6.07 Å². The molecule has 1 aromatic carbocycles. The number of nitrogens with zero attached hydrogens (tertiary/aromatic N) is 1. The summed E-state index contributed by atoms with van der Waals surface area (Å²) in [6.07, 6.45) is 4.53. The molecule has 0 bridgehead atoms. The first-order valence-electron chi connectivity index (χ1n) is 8.86. The SMILES string of the molecule is [2H]C([2H])([2H])Oc1ccc2c3c1O[C@H]1CC(O)C=C[C@@]31CCN(C)C2. The largest absolute Gasteiger partial charge is 0.493 e. The van der Waals surface area contributed by atoms with Crippen molar-refractivity contribution >= 4 is 0 Å². The summed E-state index contributed by atoms with van der Waals surface area (Å²) in [5.74, 6) is 0.789. The molecule has 2 aliphatic heterocycles. The van der Waals surface area contributed by atoms with Crippen molar-refractivity contribution in [2.24, 2.45) is 0 Å². The predicted octanol–water partition coefficient (Wildman–Crippen LogP) is 1.85. The van der Waals surface area contributed by atoms with Crippen molar-refractivity contribution in [3.8, 4) is 11.5 Å². The minimum Gasteiger partial charge on any atom is -0.493 e. The Hall–Kier alpha value is -1.52. The zero-order valence-corrected chi connectivity index (χ0v) is 12.0. The summed E-state index contributed by atoms with van der Waals surface area (Å²) in [6.45, 7) is 1.69. The number of methoxy groups -OCH3 is 1. The lowest BCUT2D eigenvalue weighted by atomic mass is 9.69. The molecule has 4 heteroatoms. The van der Waals surface area contributed by atoms with E-state index in [9.17, 15) is 5.11 Å². The first kappa shape index (κ1) is 10.2. The molecule has 21 heavy (non-hydrogen) atoms. The Balaban J connectivity index is 1.89. The summed E-state index contributed by atoms with van der Waals surface area (Å²) < 4.78 is 33.5. The summed E-state index contributed by atoms with van der Waals surface area (Å²) in [5, 5.41) is 10.0. The third-order valence-corrected chi connectivity index (χ3v) is 5.04. The summed E-state index contributed by atoms with van der Waals surface area (Å²) >= 11 is 0. The zero-order valence-electron chi connectivity index (χ0n) is 15.0. The molecule has 4 rings (SSSR count). The Kier molecular flexibility index (Phi) is 2.19. The summed E-state index contributed by atoms with van der Waals surface area (Å²) in [6, 6.07) is 3.62. The van der Waals surface area contributed by atoms with Gasteiger partial charge in [0.1, 0.15) is 6.10 Å². The highest BCUT2D eigenvalue weighted by atomic mass is 16.5. The van der Waals surface area contributed by atoms with Gasteiger partial charge in [0.15, 0.2) is 11.5 Å². The van der Waals surface area contributed by atoms with Crippen molar-refractivity contribution < 1.29 is 18.7 Å². The van der Waals surface area contributed by atoms with Crippen LogP contribution in [0.2, 0.25) is 0 Å². The number of hydrogen-bond acceptors (Lipinski definition) is 4. The molecule has 3 atom stereocenters. The van der Waals surface area contributed by atoms with Crippen LogP contribution in [0, 0.1) is 0 Å². The van der Waals surface area contributed by atoms with Gasteiger partial charge in [-0.25, -0.2) is 0 Å². The van der Waals surface area contributed by atoms with E-state index in [-0.39, 0.29) is 17.3 Å². The minimum absolute atomic E-state index is 0.195. The smallest absolute Gasteiger partial charge is 0.166 e. The molecule has 0 radical (unpaired) electrons. The molecule has 1 spiro atoms. The van der Waals surface area contributed by atoms with Crippen LogP contribution >= 0.6 is 0 Å². The molecule has 1 unspecified atom stereocenters. The van der Waals surface area contributed by atoms with E-state index in [0.29, 0.717) is 12.2 Å². The Morgan fingerprint density at radius 2 is 2.43 bits per heavy atom. The van der Waals surface area contributed by atoms with Gasteiger partial charge < -0.3 is 19.5 Å². The normalized spacial score (nSPS) is 36.6. The first-order chi connectivity index (χ1) is 11.3. The maximum atomic E-state index is 10.0. The highest BCUT2D eigenvalue weighted by molar-refractivity contribution is 5.60. The third kappa shape index (κ3) is 1.75. The Morgan fingerprint density at radius 1 is 1.52 bits per heavy atom. The van der Waals surface area contributed by atoms with E-state index in [1.807, 2.05) is 12.1 Å². The van der Waals surface area contributed by atoms with Gasteiger partial charge >= 0.3 is 0 Å². The second-order valence-corrected chi connectivity index (χ2v) is 6.33. The van der Waals surface area contributed by atoms with Crippen molar-refractivity contribution in [1.82, 2.24) is 4.90 Å². The average Bonchev–Trinajstić information content (AvgIpc) is 2.74. The van der Waals surface area contributed by atoms with E-state index < -0.39 is 13.1 Å². The number of benzene rings is 1. The van der Waals surface area contributed by atoms with E-state index in [0.717, 1.165) is 30.6 Å². The topological polar surface area (TPSA) is 41.9 Å². The molecule has 1 aliphatic carbocycles. The van der Waals surface area contributed by atoms with E-state index in [4.69, 9.17) is 13.6 Å². The molecule has 0 amide bonds. The molecular weight excluding hydrogens is 266 g/mol. The van der Waals surface area contributed by atoms with Crippen molar-refractivity contribution in [1.29, 1.82) is 0 Å². The fourth-order valence-corrected chi connectivity index (χ4v) is 4.00. The highest BCUT2D eigenvalue weighted by Crippen LogP contribution is 2.55. The van der Waals surface area contributed by atoms with Crippen LogP contribution in [-0.2, 0) is 12.0 Å². The minimum atomic E-state index is -2.52. The molecule has 0 aromatic heterocycles. The lowest BCUT2D eigenvalue weighted by molar-refractivity contribution is 0.0821. The van der Waals surface area contributed by atoms with Crippen LogP contribution in [-0.4, -0.2) is 42.8 Å². The first-order valence-corrected chi connectivity index (χ1v) is 7.36. The molecular formula is C17H21NO3.